The summed E-state index contributed by atoms with van der Waals surface area (Å²) in [5.74, 6) is -0.246. The second-order valence-corrected chi connectivity index (χ2v) is 13.6. The first-order valence-corrected chi connectivity index (χ1v) is 16.9. The highest BCUT2D eigenvalue weighted by Crippen LogP contribution is 2.33. The van der Waals surface area contributed by atoms with Gasteiger partial charge in [0, 0.05) is 31.4 Å². The molecule has 1 amide bonds. The van der Waals surface area contributed by atoms with Crippen molar-refractivity contribution >= 4 is 48.7 Å². The summed E-state index contributed by atoms with van der Waals surface area (Å²) in [4.78, 5) is 15.1. The van der Waals surface area contributed by atoms with Crippen molar-refractivity contribution < 1.29 is 26.4 Å². The van der Waals surface area contributed by atoms with Crippen LogP contribution in [0.4, 0.5) is 22.7 Å². The number of nitrogens with one attached hydrogen (secondary N) is 2. The first kappa shape index (κ1) is 32.4. The minimum Gasteiger partial charge on any atom is -0.495 e. The molecular weight excluding hydrogens is 601 g/mol. The second-order valence-electron chi connectivity index (χ2n) is 9.95. The molecule has 4 aromatic carbocycles. The lowest BCUT2D eigenvalue weighted by Crippen LogP contribution is -2.27. The van der Waals surface area contributed by atoms with Gasteiger partial charge in [0.2, 0.25) is 0 Å². The van der Waals surface area contributed by atoms with Gasteiger partial charge in [-0.25, -0.2) is 16.8 Å². The van der Waals surface area contributed by atoms with Crippen molar-refractivity contribution in [3.8, 4) is 5.75 Å². The van der Waals surface area contributed by atoms with Crippen LogP contribution in [0, 0.1) is 6.92 Å². The molecule has 4 rings (SSSR count). The van der Waals surface area contributed by atoms with Crippen LogP contribution in [0.1, 0.15) is 29.8 Å². The summed E-state index contributed by atoms with van der Waals surface area (Å²) in [5, 5.41) is 2.72. The van der Waals surface area contributed by atoms with Crippen molar-refractivity contribution in [2.24, 2.45) is 0 Å². The lowest BCUT2D eigenvalue weighted by molar-refractivity contribution is 0.102. The minimum atomic E-state index is -4.14. The third-order valence-electron chi connectivity index (χ3n) is 7.11. The Bertz CT molecular complexity index is 1860. The van der Waals surface area contributed by atoms with Gasteiger partial charge in [-0.1, -0.05) is 35.9 Å². The Kier molecular flexibility index (Phi) is 9.85. The minimum absolute atomic E-state index is 0.0408. The monoisotopic (exact) mass is 636 g/mol. The van der Waals surface area contributed by atoms with Crippen LogP contribution < -0.4 is 24.0 Å². The molecule has 12 heteroatoms. The van der Waals surface area contributed by atoms with E-state index in [0.717, 1.165) is 9.87 Å². The van der Waals surface area contributed by atoms with E-state index >= 15 is 0 Å². The molecule has 0 bridgehead atoms. The highest BCUT2D eigenvalue weighted by molar-refractivity contribution is 7.93. The Hall–Kier alpha value is -4.55. The number of aryl methyl sites for hydroxylation is 1. The van der Waals surface area contributed by atoms with Crippen molar-refractivity contribution in [1.29, 1.82) is 0 Å². The quantitative estimate of drug-likeness (QED) is 0.204. The molecule has 44 heavy (non-hydrogen) atoms. The van der Waals surface area contributed by atoms with Crippen LogP contribution in [0.2, 0.25) is 0 Å². The van der Waals surface area contributed by atoms with Crippen LogP contribution in [-0.2, 0) is 20.0 Å². The number of amides is 1. The Morgan fingerprint density at radius 3 is 2.18 bits per heavy atom. The molecule has 0 heterocycles. The number of ether oxygens (including phenoxy) is 1. The molecule has 0 radical (unpaired) electrons. The van der Waals surface area contributed by atoms with Crippen LogP contribution in [0.3, 0.4) is 0 Å². The van der Waals surface area contributed by atoms with E-state index in [1.807, 2.05) is 37.8 Å². The molecule has 4 aromatic rings. The van der Waals surface area contributed by atoms with Gasteiger partial charge >= 0.3 is 0 Å². The van der Waals surface area contributed by atoms with E-state index in [0.29, 0.717) is 30.2 Å². The van der Waals surface area contributed by atoms with E-state index in [1.54, 1.807) is 48.5 Å². The molecule has 2 N–H and O–H groups in total. The molecule has 0 saturated carbocycles. The van der Waals surface area contributed by atoms with Gasteiger partial charge in [0.05, 0.1) is 29.1 Å². The number of hydrogen-bond acceptors (Lipinski definition) is 7. The van der Waals surface area contributed by atoms with E-state index < -0.39 is 26.0 Å². The lowest BCUT2D eigenvalue weighted by Gasteiger charge is -2.25. The summed E-state index contributed by atoms with van der Waals surface area (Å²) in [6.45, 7) is 6.85. The molecule has 10 nitrogen and oxygen atoms in total. The van der Waals surface area contributed by atoms with Gasteiger partial charge in [0.15, 0.2) is 0 Å². The number of carbonyl (C=O) groups excluding carboxylic acids is 1. The Morgan fingerprint density at radius 1 is 0.841 bits per heavy atom. The molecule has 0 fully saturated rings. The molecular formula is C32H36N4O6S2. The molecule has 0 aromatic heterocycles. The number of hydrogen-bond donors (Lipinski definition) is 2. The van der Waals surface area contributed by atoms with Crippen LogP contribution in [0.25, 0.3) is 0 Å². The van der Waals surface area contributed by atoms with E-state index in [2.05, 4.69) is 10.0 Å². The normalized spacial score (nSPS) is 11.5. The van der Waals surface area contributed by atoms with Gasteiger partial charge in [0.25, 0.3) is 26.0 Å². The summed E-state index contributed by atoms with van der Waals surface area (Å²) in [7, 11) is -5.20. The molecule has 0 aliphatic heterocycles. The molecule has 0 aliphatic rings. The number of para-hydroxylation sites is 2. The van der Waals surface area contributed by atoms with Gasteiger partial charge in [-0.05, 0) is 81.4 Å². The zero-order valence-corrected chi connectivity index (χ0v) is 26.9. The molecule has 232 valence electrons. The van der Waals surface area contributed by atoms with Gasteiger partial charge < -0.3 is 15.0 Å². The van der Waals surface area contributed by atoms with Crippen LogP contribution in [0.15, 0.2) is 101 Å². The predicted molar refractivity (Wildman–Crippen MR) is 175 cm³/mol. The number of rotatable bonds is 12. The Labute approximate surface area is 259 Å². The standard InChI is InChI=1S/C32H36N4O6S2/c1-6-36(7-2)29-20-17-25(22-31(29)43(38,39)34-28-13-8-9-14-30(28)42-5)33-32(37)24-11-10-12-27(21-24)44(40,41)35(4)26-18-15-23(3)16-19-26/h8-22,34H,6-7H2,1-5H3,(H,33,37). The van der Waals surface area contributed by atoms with Gasteiger partial charge in [-0.15, -0.1) is 0 Å². The second kappa shape index (κ2) is 13.4. The fourth-order valence-corrected chi connectivity index (χ4v) is 7.18. The highest BCUT2D eigenvalue weighted by atomic mass is 32.2. The van der Waals surface area contributed by atoms with Crippen LogP contribution >= 0.6 is 0 Å². The van der Waals surface area contributed by atoms with Crippen LogP contribution in [0.5, 0.6) is 5.75 Å². The smallest absolute Gasteiger partial charge is 0.264 e. The largest absolute Gasteiger partial charge is 0.495 e. The first-order chi connectivity index (χ1) is 20.9. The fourth-order valence-electron chi connectivity index (χ4n) is 4.61. The topological polar surface area (TPSA) is 125 Å². The zero-order chi connectivity index (χ0) is 32.1. The van der Waals surface area contributed by atoms with Crippen molar-refractivity contribution in [2.75, 3.05) is 46.5 Å². The average Bonchev–Trinajstić information content (AvgIpc) is 3.02. The summed E-state index contributed by atoms with van der Waals surface area (Å²) >= 11 is 0. The molecule has 0 atom stereocenters. The third kappa shape index (κ3) is 6.98. The third-order valence-corrected chi connectivity index (χ3v) is 10.3. The lowest BCUT2D eigenvalue weighted by atomic mass is 10.2. The number of sulfonamides is 2. The molecule has 0 spiro atoms. The maximum atomic E-state index is 13.7. The SMILES string of the molecule is CCN(CC)c1ccc(NC(=O)c2cccc(S(=O)(=O)N(C)c3ccc(C)cc3)c2)cc1S(=O)(=O)Nc1ccccc1OC. The first-order valence-electron chi connectivity index (χ1n) is 13.9. The number of nitrogens with zero attached hydrogens (tertiary/aromatic N) is 2. The van der Waals surface area contributed by atoms with Crippen molar-refractivity contribution in [2.45, 2.75) is 30.6 Å². The van der Waals surface area contributed by atoms with E-state index in [1.165, 1.54) is 44.5 Å². The summed E-state index contributed by atoms with van der Waals surface area (Å²) in [5.41, 5.74) is 2.51. The number of methoxy groups -OCH3 is 1. The summed E-state index contributed by atoms with van der Waals surface area (Å²) in [6, 6.07) is 24.0. The highest BCUT2D eigenvalue weighted by Gasteiger charge is 2.25. The maximum Gasteiger partial charge on any atom is 0.264 e. The molecule has 0 saturated heterocycles. The Balaban J connectivity index is 1.66. The van der Waals surface area contributed by atoms with Crippen molar-refractivity contribution in [3.05, 3.63) is 102 Å². The molecule has 0 unspecified atom stereocenters. The van der Waals surface area contributed by atoms with E-state index in [-0.39, 0.29) is 26.7 Å². The predicted octanol–water partition coefficient (Wildman–Crippen LogP) is 5.73. The zero-order valence-electron chi connectivity index (χ0n) is 25.2. The van der Waals surface area contributed by atoms with Gasteiger partial charge in [0.1, 0.15) is 10.6 Å². The van der Waals surface area contributed by atoms with Gasteiger partial charge in [-0.3, -0.25) is 13.8 Å². The summed E-state index contributed by atoms with van der Waals surface area (Å²) < 4.78 is 63.2. The van der Waals surface area contributed by atoms with Crippen molar-refractivity contribution in [3.63, 3.8) is 0 Å². The molecule has 0 aliphatic carbocycles. The number of anilines is 4. The summed E-state index contributed by atoms with van der Waals surface area (Å²) in [6.07, 6.45) is 0. The maximum absolute atomic E-state index is 13.7. The number of benzene rings is 4. The average molecular weight is 637 g/mol. The fraction of sp³-hybridized carbons (Fsp3) is 0.219. The van der Waals surface area contributed by atoms with Crippen molar-refractivity contribution in [1.82, 2.24) is 0 Å². The van der Waals surface area contributed by atoms with E-state index in [9.17, 15) is 21.6 Å². The number of carbonyl (C=O) groups is 1. The Morgan fingerprint density at radius 2 is 1.52 bits per heavy atom. The van der Waals surface area contributed by atoms with Gasteiger partial charge in [-0.2, -0.15) is 0 Å². The van der Waals surface area contributed by atoms with Crippen LogP contribution in [-0.4, -0.2) is 50.0 Å². The van der Waals surface area contributed by atoms with E-state index in [4.69, 9.17) is 4.74 Å².